The summed E-state index contributed by atoms with van der Waals surface area (Å²) < 4.78 is 23.9. The van der Waals surface area contributed by atoms with E-state index in [0.717, 1.165) is 47.1 Å². The van der Waals surface area contributed by atoms with Crippen LogP contribution in [0.5, 0.6) is 11.5 Å². The van der Waals surface area contributed by atoms with Gasteiger partial charge in [-0.05, 0) is 56.9 Å². The molecule has 192 valence electrons. The Kier molecular flexibility index (Phi) is 8.02. The van der Waals surface area contributed by atoms with Gasteiger partial charge in [0.1, 0.15) is 36.9 Å². The van der Waals surface area contributed by atoms with Crippen LogP contribution >= 0.6 is 0 Å². The molecule has 0 heterocycles. The second-order valence-corrected chi connectivity index (χ2v) is 9.71. The number of benzene rings is 2. The molecule has 0 aliphatic heterocycles. The third-order valence-corrected chi connectivity index (χ3v) is 7.33. The minimum absolute atomic E-state index is 0.276. The van der Waals surface area contributed by atoms with Crippen molar-refractivity contribution in [1.29, 1.82) is 0 Å². The highest BCUT2D eigenvalue weighted by atomic mass is 16.6. The number of rotatable bonds is 12. The maximum absolute atomic E-state index is 11.8. The zero-order valence-electron chi connectivity index (χ0n) is 21.5. The van der Waals surface area contributed by atoms with Gasteiger partial charge in [-0.25, -0.2) is 9.59 Å². The SMILES string of the molecule is C=CC(=O)OC(CC)COc1c2c(c(OCC(CC)OC(=O)C=C)c3cc(C)ccc13)C1CCC2C1. The fraction of sp³-hybridized carbons (Fsp3) is 0.467. The van der Waals surface area contributed by atoms with Gasteiger partial charge in [0, 0.05) is 34.1 Å². The highest BCUT2D eigenvalue weighted by Crippen LogP contribution is 2.61. The lowest BCUT2D eigenvalue weighted by atomic mass is 9.86. The van der Waals surface area contributed by atoms with Crippen molar-refractivity contribution in [1.82, 2.24) is 0 Å². The Morgan fingerprint density at radius 3 is 1.86 bits per heavy atom. The zero-order chi connectivity index (χ0) is 25.8. The quantitative estimate of drug-likeness (QED) is 0.256. The lowest BCUT2D eigenvalue weighted by molar-refractivity contribution is -0.145. The second-order valence-electron chi connectivity index (χ2n) is 9.71. The number of carbonyl (C=O) groups is 2. The summed E-state index contributed by atoms with van der Waals surface area (Å²) in [6.07, 6.45) is 6.28. The third-order valence-electron chi connectivity index (χ3n) is 7.33. The molecule has 0 saturated heterocycles. The Bertz CT molecular complexity index is 1170. The number of aryl methyl sites for hydroxylation is 1. The summed E-state index contributed by atoms with van der Waals surface area (Å²) in [7, 11) is 0. The molecule has 36 heavy (non-hydrogen) atoms. The molecule has 2 aliphatic rings. The molecule has 6 nitrogen and oxygen atoms in total. The van der Waals surface area contributed by atoms with E-state index in [1.807, 2.05) is 13.8 Å². The van der Waals surface area contributed by atoms with Gasteiger partial charge in [0.2, 0.25) is 0 Å². The first-order valence-electron chi connectivity index (χ1n) is 12.9. The van der Waals surface area contributed by atoms with E-state index in [1.165, 1.54) is 23.3 Å². The molecule has 4 rings (SSSR count). The van der Waals surface area contributed by atoms with E-state index >= 15 is 0 Å². The highest BCUT2D eigenvalue weighted by Gasteiger charge is 2.43. The van der Waals surface area contributed by atoms with Crippen molar-refractivity contribution in [2.45, 2.75) is 76.9 Å². The topological polar surface area (TPSA) is 71.1 Å². The third kappa shape index (κ3) is 5.13. The first-order valence-corrected chi connectivity index (χ1v) is 12.9. The average Bonchev–Trinajstić information content (AvgIpc) is 3.51. The molecule has 0 amide bonds. The predicted octanol–water partition coefficient (Wildman–Crippen LogP) is 6.29. The number of esters is 2. The molecule has 1 fully saturated rings. The van der Waals surface area contributed by atoms with Crippen LogP contribution in [0.2, 0.25) is 0 Å². The van der Waals surface area contributed by atoms with E-state index < -0.39 is 11.9 Å². The normalized spacial score (nSPS) is 19.3. The van der Waals surface area contributed by atoms with E-state index in [2.05, 4.69) is 38.3 Å². The Balaban J connectivity index is 1.73. The smallest absolute Gasteiger partial charge is 0.330 e. The standard InChI is InChI=1S/C30H36O6/c1-6-21(35-25(31)8-3)16-33-29-23-13-10-18(5)14-24(23)30(28-20-12-11-19(15-20)27(28)29)34-17-22(7-2)36-26(32)9-4/h8-10,13-14,19-22H,3-4,6-7,11-12,15-17H2,1-2,5H3. The van der Waals surface area contributed by atoms with Crippen molar-refractivity contribution in [3.8, 4) is 11.5 Å². The predicted molar refractivity (Wildman–Crippen MR) is 140 cm³/mol. The lowest BCUT2D eigenvalue weighted by Gasteiger charge is -2.27. The van der Waals surface area contributed by atoms with Gasteiger partial charge in [0.05, 0.1) is 0 Å². The van der Waals surface area contributed by atoms with Crippen molar-refractivity contribution in [3.05, 3.63) is 60.2 Å². The lowest BCUT2D eigenvalue weighted by Crippen LogP contribution is -2.25. The zero-order valence-corrected chi connectivity index (χ0v) is 21.5. The van der Waals surface area contributed by atoms with Crippen molar-refractivity contribution in [3.63, 3.8) is 0 Å². The van der Waals surface area contributed by atoms with Gasteiger partial charge in [-0.3, -0.25) is 0 Å². The Morgan fingerprint density at radius 1 is 0.889 bits per heavy atom. The van der Waals surface area contributed by atoms with Crippen LogP contribution < -0.4 is 9.47 Å². The molecular formula is C30H36O6. The van der Waals surface area contributed by atoms with Crippen LogP contribution in [0.1, 0.15) is 74.5 Å². The van der Waals surface area contributed by atoms with Gasteiger partial charge < -0.3 is 18.9 Å². The summed E-state index contributed by atoms with van der Waals surface area (Å²) >= 11 is 0. The number of hydrogen-bond acceptors (Lipinski definition) is 6. The fourth-order valence-electron chi connectivity index (χ4n) is 5.45. The van der Waals surface area contributed by atoms with Gasteiger partial charge in [0.25, 0.3) is 0 Å². The second kappa shape index (κ2) is 11.2. The Labute approximate surface area is 213 Å². The summed E-state index contributed by atoms with van der Waals surface area (Å²) in [6, 6.07) is 6.30. The van der Waals surface area contributed by atoms with Crippen LogP contribution in [-0.4, -0.2) is 37.4 Å². The van der Waals surface area contributed by atoms with Crippen LogP contribution in [0.3, 0.4) is 0 Å². The minimum atomic E-state index is -0.443. The summed E-state index contributed by atoms with van der Waals surface area (Å²) in [5.41, 5.74) is 3.57. The van der Waals surface area contributed by atoms with Crippen molar-refractivity contribution in [2.75, 3.05) is 13.2 Å². The van der Waals surface area contributed by atoms with Gasteiger partial charge in [-0.2, -0.15) is 0 Å². The Morgan fingerprint density at radius 2 is 1.39 bits per heavy atom. The molecule has 0 N–H and O–H groups in total. The number of carbonyl (C=O) groups excluding carboxylic acids is 2. The maximum atomic E-state index is 11.8. The van der Waals surface area contributed by atoms with Crippen LogP contribution in [0.25, 0.3) is 10.8 Å². The van der Waals surface area contributed by atoms with Crippen LogP contribution in [-0.2, 0) is 19.1 Å². The molecule has 4 atom stereocenters. The van der Waals surface area contributed by atoms with Crippen LogP contribution in [0.4, 0.5) is 0 Å². The molecule has 2 aromatic carbocycles. The number of fused-ring (bicyclic) bond motifs is 6. The van der Waals surface area contributed by atoms with Crippen molar-refractivity contribution < 1.29 is 28.5 Å². The van der Waals surface area contributed by atoms with Crippen LogP contribution in [0, 0.1) is 6.92 Å². The van der Waals surface area contributed by atoms with Crippen molar-refractivity contribution in [2.24, 2.45) is 0 Å². The van der Waals surface area contributed by atoms with Gasteiger partial charge in [-0.15, -0.1) is 0 Å². The minimum Gasteiger partial charge on any atom is -0.489 e. The number of ether oxygens (including phenoxy) is 4. The largest absolute Gasteiger partial charge is 0.489 e. The molecule has 2 aromatic rings. The van der Waals surface area contributed by atoms with Gasteiger partial charge >= 0.3 is 11.9 Å². The van der Waals surface area contributed by atoms with Gasteiger partial charge in [0.15, 0.2) is 0 Å². The maximum Gasteiger partial charge on any atom is 0.330 e. The first-order chi connectivity index (χ1) is 17.4. The molecule has 2 bridgehead atoms. The van der Waals surface area contributed by atoms with Gasteiger partial charge in [-0.1, -0.05) is 44.7 Å². The first kappa shape index (κ1) is 25.8. The van der Waals surface area contributed by atoms with Crippen LogP contribution in [0.15, 0.2) is 43.5 Å². The monoisotopic (exact) mass is 492 g/mol. The summed E-state index contributed by atoms with van der Waals surface area (Å²) in [5.74, 6) is 1.70. The molecule has 0 radical (unpaired) electrons. The van der Waals surface area contributed by atoms with E-state index in [4.69, 9.17) is 18.9 Å². The number of hydrogen-bond donors (Lipinski definition) is 0. The molecule has 6 heteroatoms. The molecule has 4 unspecified atom stereocenters. The van der Waals surface area contributed by atoms with E-state index in [1.54, 1.807) is 0 Å². The fourth-order valence-corrected chi connectivity index (χ4v) is 5.45. The summed E-state index contributed by atoms with van der Waals surface area (Å²) in [6.45, 7) is 13.5. The molecule has 0 aromatic heterocycles. The molecule has 2 aliphatic carbocycles. The van der Waals surface area contributed by atoms with Crippen molar-refractivity contribution >= 4 is 22.7 Å². The van der Waals surface area contributed by atoms with E-state index in [-0.39, 0.29) is 25.4 Å². The molecular weight excluding hydrogens is 456 g/mol. The Hall–Kier alpha value is -3.28. The van der Waals surface area contributed by atoms with E-state index in [9.17, 15) is 9.59 Å². The average molecular weight is 493 g/mol. The van der Waals surface area contributed by atoms with E-state index in [0.29, 0.717) is 24.7 Å². The molecule has 1 saturated carbocycles. The highest BCUT2D eigenvalue weighted by molar-refractivity contribution is 5.97. The molecule has 0 spiro atoms. The summed E-state index contributed by atoms with van der Waals surface area (Å²) in [4.78, 5) is 23.5. The summed E-state index contributed by atoms with van der Waals surface area (Å²) in [5, 5.41) is 1.99.